The van der Waals surface area contributed by atoms with Crippen molar-refractivity contribution in [3.8, 4) is 0 Å². The Morgan fingerprint density at radius 1 is 1.07 bits per heavy atom. The Labute approximate surface area is 166 Å². The van der Waals surface area contributed by atoms with Crippen LogP contribution in [0.3, 0.4) is 0 Å². The molecular formula is C23H32F2O3. The lowest BCUT2D eigenvalue weighted by Crippen LogP contribution is -2.39. The summed E-state index contributed by atoms with van der Waals surface area (Å²) in [4.78, 5) is 12.7. The van der Waals surface area contributed by atoms with Gasteiger partial charge >= 0.3 is 5.97 Å². The average molecular weight is 395 g/mol. The van der Waals surface area contributed by atoms with Crippen molar-refractivity contribution in [1.82, 2.24) is 0 Å². The number of ether oxygens (including phenoxy) is 1. The molecule has 1 aromatic carbocycles. The monoisotopic (exact) mass is 394 g/mol. The van der Waals surface area contributed by atoms with Crippen LogP contribution in [0.5, 0.6) is 0 Å². The maximum atomic E-state index is 14.4. The van der Waals surface area contributed by atoms with Crippen molar-refractivity contribution in [2.24, 2.45) is 23.7 Å². The molecule has 1 aromatic rings. The number of cyclic esters (lactones) is 1. The van der Waals surface area contributed by atoms with Crippen LogP contribution in [0.25, 0.3) is 0 Å². The van der Waals surface area contributed by atoms with Gasteiger partial charge in [-0.2, -0.15) is 0 Å². The van der Waals surface area contributed by atoms with Gasteiger partial charge in [-0.05, 0) is 49.0 Å². The molecule has 1 N–H and O–H groups in total. The third-order valence-electron chi connectivity index (χ3n) is 7.18. The number of aliphatic hydroxyl groups is 1. The average Bonchev–Trinajstić information content (AvgIpc) is 2.69. The molecule has 0 aromatic heterocycles. The molecular weight excluding hydrogens is 362 g/mol. The van der Waals surface area contributed by atoms with Gasteiger partial charge in [-0.25, -0.2) is 8.78 Å². The lowest BCUT2D eigenvalue weighted by atomic mass is 9.70. The van der Waals surface area contributed by atoms with Gasteiger partial charge in [-0.15, -0.1) is 0 Å². The molecule has 0 bridgehead atoms. The van der Waals surface area contributed by atoms with Crippen molar-refractivity contribution >= 4 is 5.97 Å². The lowest BCUT2D eigenvalue weighted by molar-refractivity contribution is -0.165. The van der Waals surface area contributed by atoms with E-state index in [1.807, 2.05) is 0 Å². The molecule has 4 atom stereocenters. The van der Waals surface area contributed by atoms with Gasteiger partial charge in [0.15, 0.2) is 11.6 Å². The summed E-state index contributed by atoms with van der Waals surface area (Å²) in [6, 6.07) is 2.88. The molecule has 2 aliphatic rings. The van der Waals surface area contributed by atoms with E-state index in [1.165, 1.54) is 37.8 Å². The Hall–Kier alpha value is -1.49. The fourth-order valence-electron chi connectivity index (χ4n) is 5.01. The van der Waals surface area contributed by atoms with Crippen molar-refractivity contribution < 1.29 is 23.4 Å². The number of aliphatic hydroxyl groups excluding tert-OH is 1. The van der Waals surface area contributed by atoms with Crippen molar-refractivity contribution in [3.63, 3.8) is 0 Å². The first kappa shape index (κ1) is 21.2. The van der Waals surface area contributed by atoms with E-state index < -0.39 is 30.3 Å². The Morgan fingerprint density at radius 2 is 1.75 bits per heavy atom. The van der Waals surface area contributed by atoms with Crippen LogP contribution in [-0.2, 0) is 16.1 Å². The van der Waals surface area contributed by atoms with Crippen LogP contribution < -0.4 is 0 Å². The van der Waals surface area contributed by atoms with E-state index in [1.54, 1.807) is 6.92 Å². The van der Waals surface area contributed by atoms with Crippen LogP contribution in [-0.4, -0.2) is 17.2 Å². The fraction of sp³-hybridized carbons (Fsp3) is 0.696. The predicted molar refractivity (Wildman–Crippen MR) is 104 cm³/mol. The highest BCUT2D eigenvalue weighted by Crippen LogP contribution is 2.41. The number of carbonyl (C=O) groups excluding carboxylic acids is 1. The molecule has 0 spiro atoms. The number of hydrogen-bond acceptors (Lipinski definition) is 3. The Kier molecular flexibility index (Phi) is 6.74. The van der Waals surface area contributed by atoms with Crippen molar-refractivity contribution in [2.45, 2.75) is 77.9 Å². The quantitative estimate of drug-likeness (QED) is 0.685. The molecule has 1 saturated heterocycles. The summed E-state index contributed by atoms with van der Waals surface area (Å²) < 4.78 is 34.2. The molecule has 0 amide bonds. The SMILES string of the molecule is CC1CCC(C(C)C2CCC(C(C)c3ccc(CO)c(F)c3F)OC2=O)CC1. The molecule has 1 aliphatic carbocycles. The lowest BCUT2D eigenvalue weighted by Gasteiger charge is -2.38. The first-order chi connectivity index (χ1) is 13.3. The Morgan fingerprint density at radius 3 is 2.36 bits per heavy atom. The molecule has 0 radical (unpaired) electrons. The molecule has 2 fully saturated rings. The van der Waals surface area contributed by atoms with Crippen LogP contribution in [0.4, 0.5) is 8.78 Å². The third-order valence-corrected chi connectivity index (χ3v) is 7.18. The summed E-state index contributed by atoms with van der Waals surface area (Å²) in [7, 11) is 0. The van der Waals surface area contributed by atoms with Gasteiger partial charge in [-0.3, -0.25) is 4.79 Å². The maximum Gasteiger partial charge on any atom is 0.309 e. The number of esters is 1. The molecule has 3 nitrogen and oxygen atoms in total. The number of rotatable bonds is 5. The van der Waals surface area contributed by atoms with E-state index in [-0.39, 0.29) is 23.0 Å². The molecule has 1 saturated carbocycles. The number of hydrogen-bond donors (Lipinski definition) is 1. The third kappa shape index (κ3) is 4.24. The van der Waals surface area contributed by atoms with E-state index in [0.29, 0.717) is 18.3 Å². The Bertz CT molecular complexity index is 697. The van der Waals surface area contributed by atoms with Crippen LogP contribution in [0, 0.1) is 35.3 Å². The molecule has 1 aliphatic heterocycles. The minimum atomic E-state index is -1.02. The normalized spacial score (nSPS) is 30.6. The largest absolute Gasteiger partial charge is 0.462 e. The minimum Gasteiger partial charge on any atom is -0.462 e. The summed E-state index contributed by atoms with van der Waals surface area (Å²) in [6.07, 6.45) is 5.75. The molecule has 5 heteroatoms. The van der Waals surface area contributed by atoms with Gasteiger partial charge in [0.1, 0.15) is 6.10 Å². The molecule has 28 heavy (non-hydrogen) atoms. The van der Waals surface area contributed by atoms with Crippen molar-refractivity contribution in [2.75, 3.05) is 0 Å². The zero-order chi connectivity index (χ0) is 20.4. The maximum absolute atomic E-state index is 14.4. The first-order valence-electron chi connectivity index (χ1n) is 10.6. The van der Waals surface area contributed by atoms with Gasteiger partial charge < -0.3 is 9.84 Å². The second-order valence-electron chi connectivity index (χ2n) is 8.93. The molecule has 4 unspecified atom stereocenters. The highest BCUT2D eigenvalue weighted by molar-refractivity contribution is 5.73. The van der Waals surface area contributed by atoms with E-state index >= 15 is 0 Å². The number of carbonyl (C=O) groups is 1. The van der Waals surface area contributed by atoms with Crippen LogP contribution >= 0.6 is 0 Å². The smallest absolute Gasteiger partial charge is 0.309 e. The summed E-state index contributed by atoms with van der Waals surface area (Å²) in [6.45, 7) is 5.67. The second kappa shape index (κ2) is 8.89. The zero-order valence-electron chi connectivity index (χ0n) is 17.1. The number of benzene rings is 1. The van der Waals surface area contributed by atoms with Crippen molar-refractivity contribution in [1.29, 1.82) is 0 Å². The topological polar surface area (TPSA) is 46.5 Å². The minimum absolute atomic E-state index is 0.0650. The van der Waals surface area contributed by atoms with E-state index in [2.05, 4.69) is 13.8 Å². The highest BCUT2D eigenvalue weighted by Gasteiger charge is 2.40. The summed E-state index contributed by atoms with van der Waals surface area (Å²) in [5.41, 5.74) is 0.130. The van der Waals surface area contributed by atoms with Gasteiger partial charge in [0.05, 0.1) is 12.5 Å². The van der Waals surface area contributed by atoms with Gasteiger partial charge in [0, 0.05) is 11.5 Å². The van der Waals surface area contributed by atoms with E-state index in [4.69, 9.17) is 9.84 Å². The predicted octanol–water partition coefficient (Wildman–Crippen LogP) is 5.34. The summed E-state index contributed by atoms with van der Waals surface area (Å²) >= 11 is 0. The van der Waals surface area contributed by atoms with Gasteiger partial charge in [-0.1, -0.05) is 45.7 Å². The standard InChI is InChI=1S/C23H32F2O3/c1-13-4-6-16(7-5-13)14(2)19-10-11-20(28-23(19)27)15(3)18-9-8-17(12-26)21(24)22(18)25/h8-9,13-16,19-20,26H,4-7,10-12H2,1-3H3. The highest BCUT2D eigenvalue weighted by atomic mass is 19.2. The van der Waals surface area contributed by atoms with E-state index in [9.17, 15) is 13.6 Å². The molecule has 3 rings (SSSR count). The Balaban J connectivity index is 1.65. The van der Waals surface area contributed by atoms with Gasteiger partial charge in [0.2, 0.25) is 0 Å². The van der Waals surface area contributed by atoms with Crippen LogP contribution in [0.1, 0.15) is 76.3 Å². The second-order valence-corrected chi connectivity index (χ2v) is 8.93. The van der Waals surface area contributed by atoms with Crippen LogP contribution in [0.15, 0.2) is 12.1 Å². The number of halogens is 2. The van der Waals surface area contributed by atoms with Gasteiger partial charge in [0.25, 0.3) is 0 Å². The van der Waals surface area contributed by atoms with Crippen LogP contribution in [0.2, 0.25) is 0 Å². The molecule has 1 heterocycles. The van der Waals surface area contributed by atoms with Crippen molar-refractivity contribution in [3.05, 3.63) is 34.9 Å². The summed E-state index contributed by atoms with van der Waals surface area (Å²) in [5, 5.41) is 9.08. The molecule has 156 valence electrons. The van der Waals surface area contributed by atoms with E-state index in [0.717, 1.165) is 12.3 Å². The zero-order valence-corrected chi connectivity index (χ0v) is 17.1. The fourth-order valence-corrected chi connectivity index (χ4v) is 5.01. The summed E-state index contributed by atoms with van der Waals surface area (Å²) in [5.74, 6) is -1.05. The first-order valence-corrected chi connectivity index (χ1v) is 10.6.